The van der Waals surface area contributed by atoms with Crippen LogP contribution in [-0.4, -0.2) is 22.0 Å². The average Bonchev–Trinajstić information content (AvgIpc) is 2.90. The number of carboxylic acids is 1. The predicted molar refractivity (Wildman–Crippen MR) is 83.9 cm³/mol. The highest BCUT2D eigenvalue weighted by atomic mass is 19.2. The van der Waals surface area contributed by atoms with Gasteiger partial charge in [-0.2, -0.15) is 0 Å². The maximum atomic E-state index is 13.2. The van der Waals surface area contributed by atoms with E-state index in [1.165, 1.54) is 6.07 Å². The Bertz CT molecular complexity index is 950. The van der Waals surface area contributed by atoms with Gasteiger partial charge in [0.15, 0.2) is 11.6 Å². The number of para-hydroxylation sites is 1. The summed E-state index contributed by atoms with van der Waals surface area (Å²) in [5, 5.41) is 12.3. The fourth-order valence-electron chi connectivity index (χ4n) is 2.51. The van der Waals surface area contributed by atoms with Gasteiger partial charge in [0.25, 0.3) is 0 Å². The van der Waals surface area contributed by atoms with Crippen molar-refractivity contribution in [3.8, 4) is 0 Å². The first kappa shape index (κ1) is 15.7. The Balaban J connectivity index is 1.88. The third-order valence-electron chi connectivity index (χ3n) is 3.57. The summed E-state index contributed by atoms with van der Waals surface area (Å²) in [7, 11) is 0. The largest absolute Gasteiger partial charge is 0.477 e. The first-order valence-corrected chi connectivity index (χ1v) is 7.03. The van der Waals surface area contributed by atoms with Gasteiger partial charge in [0.1, 0.15) is 5.69 Å². The Morgan fingerprint density at radius 3 is 2.54 bits per heavy atom. The number of aromatic carboxylic acids is 1. The summed E-state index contributed by atoms with van der Waals surface area (Å²) in [4.78, 5) is 26.3. The summed E-state index contributed by atoms with van der Waals surface area (Å²) >= 11 is 0. The van der Waals surface area contributed by atoms with Gasteiger partial charge in [-0.05, 0) is 18.2 Å². The molecule has 0 spiro atoms. The molecule has 0 saturated heterocycles. The van der Waals surface area contributed by atoms with E-state index in [9.17, 15) is 23.5 Å². The van der Waals surface area contributed by atoms with E-state index in [4.69, 9.17) is 0 Å². The number of fused-ring (bicyclic) bond motifs is 1. The number of aromatic amines is 1. The molecule has 7 heteroatoms. The molecule has 1 heterocycles. The lowest BCUT2D eigenvalue weighted by molar-refractivity contribution is -0.115. The molecule has 0 saturated carbocycles. The molecule has 1 aromatic heterocycles. The molecule has 0 aliphatic rings. The predicted octanol–water partition coefficient (Wildman–Crippen LogP) is 3.33. The quantitative estimate of drug-likeness (QED) is 0.686. The first-order chi connectivity index (χ1) is 11.5. The lowest BCUT2D eigenvalue weighted by Gasteiger charge is -2.06. The smallest absolute Gasteiger partial charge is 0.352 e. The number of amides is 1. The molecule has 3 rings (SSSR count). The topological polar surface area (TPSA) is 82.2 Å². The minimum atomic E-state index is -1.18. The molecule has 3 N–H and O–H groups in total. The van der Waals surface area contributed by atoms with Crippen molar-refractivity contribution < 1.29 is 23.5 Å². The van der Waals surface area contributed by atoms with Gasteiger partial charge in [-0.15, -0.1) is 0 Å². The normalized spacial score (nSPS) is 10.8. The van der Waals surface area contributed by atoms with Crippen molar-refractivity contribution in [2.24, 2.45) is 0 Å². The number of carbonyl (C=O) groups excluding carboxylic acids is 1. The van der Waals surface area contributed by atoms with Crippen molar-refractivity contribution in [1.29, 1.82) is 0 Å². The highest BCUT2D eigenvalue weighted by molar-refractivity contribution is 6.02. The monoisotopic (exact) mass is 330 g/mol. The fraction of sp³-hybridized carbons (Fsp3) is 0.0588. The van der Waals surface area contributed by atoms with Crippen molar-refractivity contribution >= 4 is 28.5 Å². The molecule has 3 aromatic rings. The van der Waals surface area contributed by atoms with Crippen molar-refractivity contribution in [2.75, 3.05) is 5.32 Å². The van der Waals surface area contributed by atoms with Crippen LogP contribution in [0.1, 0.15) is 16.1 Å². The number of hydrogen-bond acceptors (Lipinski definition) is 2. The Kier molecular flexibility index (Phi) is 3.99. The molecule has 1 amide bonds. The van der Waals surface area contributed by atoms with Crippen LogP contribution in [0.25, 0.3) is 10.9 Å². The average molecular weight is 330 g/mol. The number of carbonyl (C=O) groups is 2. The fourth-order valence-corrected chi connectivity index (χ4v) is 2.51. The van der Waals surface area contributed by atoms with Gasteiger partial charge in [0, 0.05) is 28.2 Å². The number of H-pyrrole nitrogens is 1. The number of benzene rings is 2. The van der Waals surface area contributed by atoms with E-state index in [1.54, 1.807) is 24.3 Å². The van der Waals surface area contributed by atoms with Crippen LogP contribution < -0.4 is 5.32 Å². The summed E-state index contributed by atoms with van der Waals surface area (Å²) in [6.07, 6.45) is -0.218. The second-order valence-corrected chi connectivity index (χ2v) is 5.18. The molecule has 2 aromatic carbocycles. The lowest BCUT2D eigenvalue weighted by atomic mass is 10.1. The lowest BCUT2D eigenvalue weighted by Crippen LogP contribution is -2.16. The van der Waals surface area contributed by atoms with Crippen LogP contribution in [0.3, 0.4) is 0 Å². The van der Waals surface area contributed by atoms with Crippen LogP contribution in [0, 0.1) is 11.6 Å². The van der Waals surface area contributed by atoms with Gasteiger partial charge in [-0.1, -0.05) is 18.2 Å². The molecule has 0 bridgehead atoms. The van der Waals surface area contributed by atoms with Crippen LogP contribution in [0.2, 0.25) is 0 Å². The van der Waals surface area contributed by atoms with Gasteiger partial charge < -0.3 is 15.4 Å². The SMILES string of the molecule is O=C(Cc1c(C(=O)O)[nH]c2ccccc12)Nc1ccc(F)c(F)c1. The highest BCUT2D eigenvalue weighted by Crippen LogP contribution is 2.23. The maximum Gasteiger partial charge on any atom is 0.352 e. The molecule has 122 valence electrons. The van der Waals surface area contributed by atoms with Crippen molar-refractivity contribution in [3.63, 3.8) is 0 Å². The molecule has 0 fully saturated rings. The number of carboxylic acid groups (broad SMARTS) is 1. The zero-order valence-electron chi connectivity index (χ0n) is 12.3. The minimum absolute atomic E-state index is 0.0726. The van der Waals surface area contributed by atoms with Crippen LogP contribution in [0.4, 0.5) is 14.5 Å². The second kappa shape index (κ2) is 6.11. The maximum absolute atomic E-state index is 13.2. The van der Waals surface area contributed by atoms with Gasteiger partial charge >= 0.3 is 5.97 Å². The standard InChI is InChI=1S/C17H12F2N2O3/c18-12-6-5-9(7-13(12)19)20-15(22)8-11-10-3-1-2-4-14(10)21-16(11)17(23)24/h1-7,21H,8H2,(H,20,22)(H,23,24). The molecule has 5 nitrogen and oxygen atoms in total. The van der Waals surface area contributed by atoms with Crippen LogP contribution in [-0.2, 0) is 11.2 Å². The van der Waals surface area contributed by atoms with E-state index < -0.39 is 23.5 Å². The van der Waals surface area contributed by atoms with Crippen molar-refractivity contribution in [3.05, 3.63) is 65.4 Å². The zero-order chi connectivity index (χ0) is 17.3. The molecular weight excluding hydrogens is 318 g/mol. The Labute approximate surface area is 134 Å². The zero-order valence-corrected chi connectivity index (χ0v) is 12.3. The van der Waals surface area contributed by atoms with E-state index in [0.717, 1.165) is 12.1 Å². The highest BCUT2D eigenvalue weighted by Gasteiger charge is 2.19. The molecular formula is C17H12F2N2O3. The molecule has 0 radical (unpaired) electrons. The number of nitrogens with one attached hydrogen (secondary N) is 2. The minimum Gasteiger partial charge on any atom is -0.477 e. The van der Waals surface area contributed by atoms with Gasteiger partial charge in [0.05, 0.1) is 6.42 Å². The van der Waals surface area contributed by atoms with Gasteiger partial charge in [-0.25, -0.2) is 13.6 Å². The Hall–Kier alpha value is -3.22. The molecule has 24 heavy (non-hydrogen) atoms. The van der Waals surface area contributed by atoms with Crippen LogP contribution in [0.15, 0.2) is 42.5 Å². The number of anilines is 1. The third kappa shape index (κ3) is 2.96. The number of aromatic nitrogens is 1. The Morgan fingerprint density at radius 1 is 1.08 bits per heavy atom. The van der Waals surface area contributed by atoms with Gasteiger partial charge in [-0.3, -0.25) is 4.79 Å². The van der Waals surface area contributed by atoms with Crippen LogP contribution in [0.5, 0.6) is 0 Å². The summed E-state index contributed by atoms with van der Waals surface area (Å²) in [6, 6.07) is 9.88. The Morgan fingerprint density at radius 2 is 1.83 bits per heavy atom. The first-order valence-electron chi connectivity index (χ1n) is 7.03. The number of rotatable bonds is 4. The summed E-state index contributed by atoms with van der Waals surface area (Å²) < 4.78 is 26.1. The molecule has 0 atom stereocenters. The second-order valence-electron chi connectivity index (χ2n) is 5.18. The molecule has 0 unspecified atom stereocenters. The van der Waals surface area contributed by atoms with E-state index in [0.29, 0.717) is 16.5 Å². The van der Waals surface area contributed by atoms with Gasteiger partial charge in [0.2, 0.25) is 5.91 Å². The van der Waals surface area contributed by atoms with Crippen molar-refractivity contribution in [2.45, 2.75) is 6.42 Å². The number of hydrogen-bond donors (Lipinski definition) is 3. The van der Waals surface area contributed by atoms with Crippen LogP contribution >= 0.6 is 0 Å². The summed E-state index contributed by atoms with van der Waals surface area (Å²) in [5.74, 6) is -3.81. The van der Waals surface area contributed by atoms with Crippen molar-refractivity contribution in [1.82, 2.24) is 4.98 Å². The summed E-state index contributed by atoms with van der Waals surface area (Å²) in [5.41, 5.74) is 0.955. The van der Waals surface area contributed by atoms with E-state index in [-0.39, 0.29) is 17.8 Å². The van der Waals surface area contributed by atoms with E-state index in [1.807, 2.05) is 0 Å². The third-order valence-corrected chi connectivity index (χ3v) is 3.57. The molecule has 0 aliphatic carbocycles. The summed E-state index contributed by atoms with van der Waals surface area (Å²) in [6.45, 7) is 0. The molecule has 0 aliphatic heterocycles. The van der Waals surface area contributed by atoms with E-state index in [2.05, 4.69) is 10.3 Å². The van der Waals surface area contributed by atoms with E-state index >= 15 is 0 Å². The number of halogens is 2.